The van der Waals surface area contributed by atoms with E-state index in [0.717, 1.165) is 16.1 Å². The standard InChI is InChI=1S/C14H11FN2OS/c1-2-10-7-11-13(18)16-12(17-14(11)19-10)8-3-5-9(15)6-4-8/h3-7H,2H2,1H3,(H,16,17,18). The number of hydrogen-bond acceptors (Lipinski definition) is 3. The first kappa shape index (κ1) is 12.0. The van der Waals surface area contributed by atoms with Crippen LogP contribution in [0.2, 0.25) is 0 Å². The second-order valence-electron chi connectivity index (χ2n) is 4.21. The van der Waals surface area contributed by atoms with Crippen molar-refractivity contribution in [2.75, 3.05) is 0 Å². The van der Waals surface area contributed by atoms with Crippen molar-refractivity contribution in [3.05, 3.63) is 51.4 Å². The first-order valence-corrected chi connectivity index (χ1v) is 6.77. The molecule has 96 valence electrons. The van der Waals surface area contributed by atoms with Gasteiger partial charge in [0.2, 0.25) is 0 Å². The minimum Gasteiger partial charge on any atom is -0.306 e. The number of aryl methyl sites for hydroxylation is 1. The van der Waals surface area contributed by atoms with Crippen molar-refractivity contribution in [2.24, 2.45) is 0 Å². The van der Waals surface area contributed by atoms with Gasteiger partial charge in [0.1, 0.15) is 16.5 Å². The maximum Gasteiger partial charge on any atom is 0.259 e. The summed E-state index contributed by atoms with van der Waals surface area (Å²) in [5.41, 5.74) is 0.548. The van der Waals surface area contributed by atoms with Gasteiger partial charge < -0.3 is 4.98 Å². The first-order chi connectivity index (χ1) is 9.17. The van der Waals surface area contributed by atoms with E-state index in [0.29, 0.717) is 16.8 Å². The fraction of sp³-hybridized carbons (Fsp3) is 0.143. The largest absolute Gasteiger partial charge is 0.306 e. The van der Waals surface area contributed by atoms with Crippen LogP contribution in [0.4, 0.5) is 4.39 Å². The predicted octanol–water partition coefficient (Wildman–Crippen LogP) is 3.35. The van der Waals surface area contributed by atoms with Crippen LogP contribution in [0.15, 0.2) is 35.1 Å². The van der Waals surface area contributed by atoms with Crippen molar-refractivity contribution in [2.45, 2.75) is 13.3 Å². The van der Waals surface area contributed by atoms with Gasteiger partial charge in [0.05, 0.1) is 5.39 Å². The number of aromatic amines is 1. The summed E-state index contributed by atoms with van der Waals surface area (Å²) in [7, 11) is 0. The van der Waals surface area contributed by atoms with E-state index in [1.54, 1.807) is 12.1 Å². The van der Waals surface area contributed by atoms with Gasteiger partial charge in [0, 0.05) is 10.4 Å². The molecule has 2 aromatic heterocycles. The molecule has 0 aliphatic heterocycles. The highest BCUT2D eigenvalue weighted by atomic mass is 32.1. The highest BCUT2D eigenvalue weighted by Gasteiger charge is 2.09. The molecule has 0 amide bonds. The normalized spacial score (nSPS) is 11.1. The lowest BCUT2D eigenvalue weighted by atomic mass is 10.2. The Balaban J connectivity index is 2.20. The first-order valence-electron chi connectivity index (χ1n) is 5.96. The number of H-pyrrole nitrogens is 1. The molecule has 2 heterocycles. The monoisotopic (exact) mass is 274 g/mol. The van der Waals surface area contributed by atoms with Gasteiger partial charge in [-0.2, -0.15) is 0 Å². The molecular formula is C14H11FN2OS. The molecule has 0 atom stereocenters. The zero-order valence-electron chi connectivity index (χ0n) is 10.2. The molecule has 1 aromatic carbocycles. The van der Waals surface area contributed by atoms with E-state index >= 15 is 0 Å². The van der Waals surface area contributed by atoms with Gasteiger partial charge in [-0.3, -0.25) is 4.79 Å². The molecule has 0 radical (unpaired) electrons. The molecule has 0 saturated carbocycles. The number of benzene rings is 1. The molecule has 0 bridgehead atoms. The fourth-order valence-electron chi connectivity index (χ4n) is 1.90. The van der Waals surface area contributed by atoms with Crippen molar-refractivity contribution < 1.29 is 4.39 Å². The van der Waals surface area contributed by atoms with Crippen LogP contribution in [-0.4, -0.2) is 9.97 Å². The molecule has 0 aliphatic rings. The van der Waals surface area contributed by atoms with E-state index in [1.807, 2.05) is 13.0 Å². The summed E-state index contributed by atoms with van der Waals surface area (Å²) >= 11 is 1.52. The topological polar surface area (TPSA) is 45.8 Å². The Kier molecular flexibility index (Phi) is 2.91. The van der Waals surface area contributed by atoms with Crippen LogP contribution in [0.1, 0.15) is 11.8 Å². The molecule has 0 saturated heterocycles. The molecular weight excluding hydrogens is 263 g/mol. The van der Waals surface area contributed by atoms with Gasteiger partial charge in [-0.05, 0) is 36.8 Å². The Morgan fingerprint density at radius 2 is 2.05 bits per heavy atom. The Morgan fingerprint density at radius 3 is 2.74 bits per heavy atom. The number of hydrogen-bond donors (Lipinski definition) is 1. The number of aromatic nitrogens is 2. The van der Waals surface area contributed by atoms with Gasteiger partial charge in [0.25, 0.3) is 5.56 Å². The van der Waals surface area contributed by atoms with Crippen LogP contribution in [0.3, 0.4) is 0 Å². The Bertz CT molecular complexity index is 789. The summed E-state index contributed by atoms with van der Waals surface area (Å²) in [4.78, 5) is 21.0. The Labute approximate surface area is 112 Å². The lowest BCUT2D eigenvalue weighted by Crippen LogP contribution is -2.07. The molecule has 0 unspecified atom stereocenters. The van der Waals surface area contributed by atoms with Crippen LogP contribution in [-0.2, 0) is 6.42 Å². The number of halogens is 1. The summed E-state index contributed by atoms with van der Waals surface area (Å²) in [5, 5.41) is 0.618. The van der Waals surface area contributed by atoms with Crippen LogP contribution in [0, 0.1) is 5.82 Å². The second kappa shape index (κ2) is 4.59. The third-order valence-corrected chi connectivity index (χ3v) is 4.09. The Hall–Kier alpha value is -2.01. The second-order valence-corrected chi connectivity index (χ2v) is 5.32. The molecule has 5 heteroatoms. The fourth-order valence-corrected chi connectivity index (χ4v) is 2.87. The zero-order valence-corrected chi connectivity index (χ0v) is 11.1. The van der Waals surface area contributed by atoms with E-state index in [2.05, 4.69) is 9.97 Å². The maximum atomic E-state index is 12.9. The third-order valence-electron chi connectivity index (χ3n) is 2.92. The van der Waals surface area contributed by atoms with Crippen LogP contribution in [0.5, 0.6) is 0 Å². The number of nitrogens with one attached hydrogen (secondary N) is 1. The van der Waals surface area contributed by atoms with Crippen molar-refractivity contribution in [3.8, 4) is 11.4 Å². The summed E-state index contributed by atoms with van der Waals surface area (Å²) < 4.78 is 12.9. The van der Waals surface area contributed by atoms with Crippen LogP contribution in [0.25, 0.3) is 21.6 Å². The van der Waals surface area contributed by atoms with E-state index < -0.39 is 0 Å². The minimum absolute atomic E-state index is 0.153. The molecule has 0 spiro atoms. The summed E-state index contributed by atoms with van der Waals surface area (Å²) in [5.74, 6) is 0.165. The van der Waals surface area contributed by atoms with E-state index in [9.17, 15) is 9.18 Å². The molecule has 0 fully saturated rings. The van der Waals surface area contributed by atoms with Crippen molar-refractivity contribution in [1.82, 2.24) is 9.97 Å². The molecule has 3 rings (SSSR count). The molecule has 3 aromatic rings. The van der Waals surface area contributed by atoms with Gasteiger partial charge in [-0.15, -0.1) is 11.3 Å². The van der Waals surface area contributed by atoms with E-state index in [4.69, 9.17) is 0 Å². The maximum absolute atomic E-state index is 12.9. The summed E-state index contributed by atoms with van der Waals surface area (Å²) in [6.45, 7) is 2.04. The highest BCUT2D eigenvalue weighted by Crippen LogP contribution is 2.24. The number of nitrogens with zero attached hydrogens (tertiary/aromatic N) is 1. The molecule has 0 aliphatic carbocycles. The van der Waals surface area contributed by atoms with Crippen molar-refractivity contribution >= 4 is 21.6 Å². The summed E-state index contributed by atoms with van der Waals surface area (Å²) in [6, 6.07) is 7.79. The van der Waals surface area contributed by atoms with Crippen molar-refractivity contribution in [3.63, 3.8) is 0 Å². The van der Waals surface area contributed by atoms with Crippen LogP contribution < -0.4 is 5.56 Å². The Morgan fingerprint density at radius 1 is 1.32 bits per heavy atom. The van der Waals surface area contributed by atoms with E-state index in [-0.39, 0.29) is 11.4 Å². The molecule has 19 heavy (non-hydrogen) atoms. The van der Waals surface area contributed by atoms with Crippen molar-refractivity contribution in [1.29, 1.82) is 0 Å². The van der Waals surface area contributed by atoms with Gasteiger partial charge in [-0.1, -0.05) is 6.92 Å². The predicted molar refractivity (Wildman–Crippen MR) is 75.0 cm³/mol. The number of thiophene rings is 1. The summed E-state index contributed by atoms with van der Waals surface area (Å²) in [6.07, 6.45) is 0.881. The lowest BCUT2D eigenvalue weighted by Gasteiger charge is -2.00. The van der Waals surface area contributed by atoms with Gasteiger partial charge in [0.15, 0.2) is 0 Å². The van der Waals surface area contributed by atoms with Crippen LogP contribution >= 0.6 is 11.3 Å². The average molecular weight is 274 g/mol. The SMILES string of the molecule is CCc1cc2c(=O)[nH]c(-c3ccc(F)cc3)nc2s1. The number of fused-ring (bicyclic) bond motifs is 1. The lowest BCUT2D eigenvalue weighted by molar-refractivity contribution is 0.628. The molecule has 3 nitrogen and oxygen atoms in total. The smallest absolute Gasteiger partial charge is 0.259 e. The zero-order chi connectivity index (χ0) is 13.4. The molecule has 1 N–H and O–H groups in total. The third kappa shape index (κ3) is 2.17. The van der Waals surface area contributed by atoms with Gasteiger partial charge in [-0.25, -0.2) is 9.37 Å². The highest BCUT2D eigenvalue weighted by molar-refractivity contribution is 7.18. The van der Waals surface area contributed by atoms with E-state index in [1.165, 1.54) is 23.5 Å². The minimum atomic E-state index is -0.309. The quantitative estimate of drug-likeness (QED) is 0.779. The number of rotatable bonds is 2. The van der Waals surface area contributed by atoms with Gasteiger partial charge >= 0.3 is 0 Å². The average Bonchev–Trinajstić information content (AvgIpc) is 2.83.